The van der Waals surface area contributed by atoms with Crippen molar-refractivity contribution >= 4 is 0 Å². The number of pyridine rings is 1. The van der Waals surface area contributed by atoms with Gasteiger partial charge in [-0.25, -0.2) is 4.39 Å². The van der Waals surface area contributed by atoms with Gasteiger partial charge in [-0.3, -0.25) is 9.69 Å². The van der Waals surface area contributed by atoms with Gasteiger partial charge in [-0.05, 0) is 55.5 Å². The van der Waals surface area contributed by atoms with Gasteiger partial charge < -0.3 is 4.98 Å². The standard InChI is InChI=1S/C18H21FN2O/c1-13-4-5-14(10-17(13)19)9-15-6-8-21(11-15)12-16-3-2-7-20-18(16)22/h2-5,7,10,15H,6,8-9,11-12H2,1H3,(H,20,22). The van der Waals surface area contributed by atoms with Crippen LogP contribution in [0.15, 0.2) is 41.3 Å². The average molecular weight is 300 g/mol. The molecule has 4 heteroatoms. The fourth-order valence-electron chi connectivity index (χ4n) is 3.14. The van der Waals surface area contributed by atoms with Crippen molar-refractivity contribution in [1.29, 1.82) is 0 Å². The number of rotatable bonds is 4. The number of hydrogen-bond donors (Lipinski definition) is 1. The quantitative estimate of drug-likeness (QED) is 0.942. The molecule has 3 nitrogen and oxygen atoms in total. The van der Waals surface area contributed by atoms with Crippen LogP contribution in [0.5, 0.6) is 0 Å². The molecular weight excluding hydrogens is 279 g/mol. The molecular formula is C18H21FN2O. The zero-order valence-electron chi connectivity index (χ0n) is 12.8. The number of aryl methyl sites for hydroxylation is 1. The molecule has 2 aromatic rings. The predicted octanol–water partition coefficient (Wildman–Crippen LogP) is 2.89. The van der Waals surface area contributed by atoms with E-state index in [1.807, 2.05) is 24.3 Å². The Morgan fingerprint density at radius 2 is 2.23 bits per heavy atom. The van der Waals surface area contributed by atoms with Crippen LogP contribution in [-0.2, 0) is 13.0 Å². The van der Waals surface area contributed by atoms with Crippen LogP contribution < -0.4 is 5.56 Å². The van der Waals surface area contributed by atoms with Crippen molar-refractivity contribution in [1.82, 2.24) is 9.88 Å². The maximum absolute atomic E-state index is 13.6. The first kappa shape index (κ1) is 15.0. The Hall–Kier alpha value is -1.94. The molecule has 1 atom stereocenters. The first-order chi connectivity index (χ1) is 10.6. The Labute approximate surface area is 129 Å². The lowest BCUT2D eigenvalue weighted by Crippen LogP contribution is -2.25. The number of H-pyrrole nitrogens is 1. The summed E-state index contributed by atoms with van der Waals surface area (Å²) in [5.41, 5.74) is 2.56. The molecule has 0 radical (unpaired) electrons. The van der Waals surface area contributed by atoms with Gasteiger partial charge in [0.15, 0.2) is 0 Å². The lowest BCUT2D eigenvalue weighted by molar-refractivity contribution is 0.315. The van der Waals surface area contributed by atoms with Crippen molar-refractivity contribution in [3.05, 3.63) is 69.4 Å². The summed E-state index contributed by atoms with van der Waals surface area (Å²) in [5, 5.41) is 0. The van der Waals surface area contributed by atoms with Gasteiger partial charge >= 0.3 is 0 Å². The van der Waals surface area contributed by atoms with Gasteiger partial charge in [0.2, 0.25) is 0 Å². The number of aromatic nitrogens is 1. The van der Waals surface area contributed by atoms with Crippen LogP contribution in [0.2, 0.25) is 0 Å². The van der Waals surface area contributed by atoms with Crippen LogP contribution in [0.1, 0.15) is 23.1 Å². The summed E-state index contributed by atoms with van der Waals surface area (Å²) >= 11 is 0. The molecule has 1 saturated heterocycles. The monoisotopic (exact) mass is 300 g/mol. The zero-order valence-corrected chi connectivity index (χ0v) is 12.8. The Morgan fingerprint density at radius 3 is 3.00 bits per heavy atom. The van der Waals surface area contributed by atoms with Gasteiger partial charge in [0.05, 0.1) is 0 Å². The fourth-order valence-corrected chi connectivity index (χ4v) is 3.14. The second-order valence-corrected chi connectivity index (χ2v) is 6.20. The number of halogens is 1. The summed E-state index contributed by atoms with van der Waals surface area (Å²) in [7, 11) is 0. The summed E-state index contributed by atoms with van der Waals surface area (Å²) in [6.45, 7) is 4.43. The van der Waals surface area contributed by atoms with Crippen LogP contribution in [0.3, 0.4) is 0 Å². The van der Waals surface area contributed by atoms with Gasteiger partial charge in [-0.1, -0.05) is 18.2 Å². The minimum Gasteiger partial charge on any atom is -0.329 e. The number of aromatic amines is 1. The lowest BCUT2D eigenvalue weighted by atomic mass is 9.98. The molecule has 3 rings (SSSR count). The van der Waals surface area contributed by atoms with E-state index in [9.17, 15) is 9.18 Å². The highest BCUT2D eigenvalue weighted by Gasteiger charge is 2.23. The first-order valence-corrected chi connectivity index (χ1v) is 7.76. The SMILES string of the molecule is Cc1ccc(CC2CCN(Cc3ccc[nH]c3=O)C2)cc1F. The lowest BCUT2D eigenvalue weighted by Gasteiger charge is -2.15. The maximum atomic E-state index is 13.6. The second kappa shape index (κ2) is 6.44. The van der Waals surface area contributed by atoms with E-state index in [0.717, 1.165) is 37.1 Å². The summed E-state index contributed by atoms with van der Waals surface area (Å²) in [5.74, 6) is 0.410. The Balaban J connectivity index is 1.59. The van der Waals surface area contributed by atoms with Crippen LogP contribution in [0.4, 0.5) is 4.39 Å². The summed E-state index contributed by atoms with van der Waals surface area (Å²) in [6, 6.07) is 9.25. The van der Waals surface area contributed by atoms with E-state index in [0.29, 0.717) is 18.0 Å². The van der Waals surface area contributed by atoms with Crippen molar-refractivity contribution in [3.63, 3.8) is 0 Å². The van der Waals surface area contributed by atoms with Crippen molar-refractivity contribution in [2.75, 3.05) is 13.1 Å². The molecule has 0 spiro atoms. The third kappa shape index (κ3) is 3.45. The molecule has 1 fully saturated rings. The van der Waals surface area contributed by atoms with Gasteiger partial charge in [-0.15, -0.1) is 0 Å². The minimum atomic E-state index is -0.122. The molecule has 0 aliphatic carbocycles. The molecule has 1 unspecified atom stereocenters. The van der Waals surface area contributed by atoms with Gasteiger partial charge in [-0.2, -0.15) is 0 Å². The van der Waals surface area contributed by atoms with Crippen LogP contribution >= 0.6 is 0 Å². The van der Waals surface area contributed by atoms with Crippen LogP contribution in [0.25, 0.3) is 0 Å². The van der Waals surface area contributed by atoms with Gasteiger partial charge in [0, 0.05) is 24.8 Å². The van der Waals surface area contributed by atoms with Crippen molar-refractivity contribution < 1.29 is 4.39 Å². The highest BCUT2D eigenvalue weighted by molar-refractivity contribution is 5.23. The van der Waals surface area contributed by atoms with Crippen molar-refractivity contribution in [2.45, 2.75) is 26.3 Å². The minimum absolute atomic E-state index is 0.00782. The molecule has 1 aromatic carbocycles. The summed E-state index contributed by atoms with van der Waals surface area (Å²) in [6.07, 6.45) is 3.66. The predicted molar refractivity (Wildman–Crippen MR) is 85.3 cm³/mol. The Kier molecular flexibility index (Phi) is 4.39. The number of likely N-dealkylation sites (tertiary alicyclic amines) is 1. The molecule has 1 aliphatic rings. The Morgan fingerprint density at radius 1 is 1.36 bits per heavy atom. The topological polar surface area (TPSA) is 36.1 Å². The second-order valence-electron chi connectivity index (χ2n) is 6.20. The van der Waals surface area contributed by atoms with Crippen LogP contribution in [0, 0.1) is 18.7 Å². The van der Waals surface area contributed by atoms with E-state index in [1.54, 1.807) is 19.2 Å². The average Bonchev–Trinajstić information content (AvgIpc) is 2.93. The Bertz CT molecular complexity index is 710. The molecule has 22 heavy (non-hydrogen) atoms. The van der Waals surface area contributed by atoms with E-state index in [2.05, 4.69) is 9.88 Å². The highest BCUT2D eigenvalue weighted by Crippen LogP contribution is 2.22. The highest BCUT2D eigenvalue weighted by atomic mass is 19.1. The van der Waals surface area contributed by atoms with E-state index in [4.69, 9.17) is 0 Å². The van der Waals surface area contributed by atoms with Gasteiger partial charge in [0.1, 0.15) is 5.82 Å². The molecule has 1 aromatic heterocycles. The third-order valence-electron chi connectivity index (χ3n) is 4.42. The third-order valence-corrected chi connectivity index (χ3v) is 4.42. The zero-order chi connectivity index (χ0) is 15.5. The van der Waals surface area contributed by atoms with E-state index < -0.39 is 0 Å². The molecule has 1 aliphatic heterocycles. The molecule has 0 amide bonds. The number of nitrogens with zero attached hydrogens (tertiary/aromatic N) is 1. The normalized spacial score (nSPS) is 18.7. The number of hydrogen-bond acceptors (Lipinski definition) is 2. The maximum Gasteiger partial charge on any atom is 0.252 e. The largest absolute Gasteiger partial charge is 0.329 e. The summed E-state index contributed by atoms with van der Waals surface area (Å²) in [4.78, 5) is 16.7. The number of nitrogens with one attached hydrogen (secondary N) is 1. The molecule has 0 bridgehead atoms. The fraction of sp³-hybridized carbons (Fsp3) is 0.389. The molecule has 116 valence electrons. The van der Waals surface area contributed by atoms with E-state index >= 15 is 0 Å². The number of benzene rings is 1. The smallest absolute Gasteiger partial charge is 0.252 e. The first-order valence-electron chi connectivity index (χ1n) is 7.76. The molecule has 0 saturated carbocycles. The van der Waals surface area contributed by atoms with E-state index in [-0.39, 0.29) is 11.4 Å². The summed E-state index contributed by atoms with van der Waals surface area (Å²) < 4.78 is 13.6. The van der Waals surface area contributed by atoms with E-state index in [1.165, 1.54) is 0 Å². The van der Waals surface area contributed by atoms with Crippen LogP contribution in [-0.4, -0.2) is 23.0 Å². The van der Waals surface area contributed by atoms with Crippen molar-refractivity contribution in [3.8, 4) is 0 Å². The van der Waals surface area contributed by atoms with Gasteiger partial charge in [0.25, 0.3) is 5.56 Å². The molecule has 2 heterocycles. The van der Waals surface area contributed by atoms with Crippen molar-refractivity contribution in [2.24, 2.45) is 5.92 Å². The molecule has 1 N–H and O–H groups in total.